The number of aliphatic hydroxyl groups excluding tert-OH is 1. The summed E-state index contributed by atoms with van der Waals surface area (Å²) in [6.07, 6.45) is 8.00. The molecule has 0 aromatic heterocycles. The minimum atomic E-state index is 0.00370. The van der Waals surface area contributed by atoms with E-state index in [1.54, 1.807) is 0 Å². The van der Waals surface area contributed by atoms with Gasteiger partial charge >= 0.3 is 0 Å². The van der Waals surface area contributed by atoms with Crippen molar-refractivity contribution in [2.24, 2.45) is 16.3 Å². The van der Waals surface area contributed by atoms with Crippen molar-refractivity contribution in [3.63, 3.8) is 0 Å². The molecule has 180 valence electrons. The number of rotatable bonds is 12. The van der Waals surface area contributed by atoms with Crippen LogP contribution in [-0.2, 0) is 11.2 Å². The third-order valence-electron chi connectivity index (χ3n) is 7.01. The van der Waals surface area contributed by atoms with Crippen molar-refractivity contribution in [1.29, 1.82) is 0 Å². The molecular formula is C26H44N4O2. The Morgan fingerprint density at radius 3 is 2.69 bits per heavy atom. The summed E-state index contributed by atoms with van der Waals surface area (Å²) in [7, 11) is 0. The largest absolute Gasteiger partial charge is 0.396 e. The number of aliphatic imine (C=N–C) groups is 1. The van der Waals surface area contributed by atoms with Crippen LogP contribution in [0.1, 0.15) is 51.0 Å². The van der Waals surface area contributed by atoms with Gasteiger partial charge in [-0.05, 0) is 83.0 Å². The van der Waals surface area contributed by atoms with E-state index in [0.29, 0.717) is 13.2 Å². The summed E-state index contributed by atoms with van der Waals surface area (Å²) in [4.78, 5) is 7.45. The van der Waals surface area contributed by atoms with Crippen LogP contribution >= 0.6 is 0 Å². The number of nitrogens with one attached hydrogen (secondary N) is 2. The van der Waals surface area contributed by atoms with Crippen molar-refractivity contribution >= 4 is 5.96 Å². The average molecular weight is 445 g/mol. The summed E-state index contributed by atoms with van der Waals surface area (Å²) < 4.78 is 5.59. The summed E-state index contributed by atoms with van der Waals surface area (Å²) in [5.41, 5.74) is 1.49. The van der Waals surface area contributed by atoms with E-state index in [-0.39, 0.29) is 12.0 Å². The third kappa shape index (κ3) is 8.38. The lowest BCUT2D eigenvalue weighted by atomic mass is 9.84. The van der Waals surface area contributed by atoms with Gasteiger partial charge in [0.15, 0.2) is 5.96 Å². The van der Waals surface area contributed by atoms with Crippen LogP contribution in [0.2, 0.25) is 0 Å². The van der Waals surface area contributed by atoms with E-state index in [1.165, 1.54) is 50.9 Å². The maximum atomic E-state index is 9.41. The van der Waals surface area contributed by atoms with E-state index in [1.807, 2.05) is 0 Å². The Labute approximate surface area is 194 Å². The predicted octanol–water partition coefficient (Wildman–Crippen LogP) is 3.07. The molecule has 2 heterocycles. The molecule has 6 nitrogen and oxygen atoms in total. The highest BCUT2D eigenvalue weighted by Crippen LogP contribution is 2.32. The molecule has 0 amide bonds. The van der Waals surface area contributed by atoms with Crippen LogP contribution in [0.5, 0.6) is 0 Å². The van der Waals surface area contributed by atoms with Gasteiger partial charge in [0.05, 0.1) is 13.2 Å². The molecule has 1 atom stereocenters. The Morgan fingerprint density at radius 1 is 1.19 bits per heavy atom. The fraction of sp³-hybridized carbons (Fsp3) is 0.731. The Morgan fingerprint density at radius 2 is 2.00 bits per heavy atom. The molecule has 2 aliphatic heterocycles. The normalized spacial score (nSPS) is 22.9. The van der Waals surface area contributed by atoms with Gasteiger partial charge in [0.2, 0.25) is 0 Å². The molecule has 0 saturated carbocycles. The van der Waals surface area contributed by atoms with E-state index in [2.05, 4.69) is 52.8 Å². The van der Waals surface area contributed by atoms with E-state index in [0.717, 1.165) is 50.8 Å². The van der Waals surface area contributed by atoms with Crippen molar-refractivity contribution < 1.29 is 9.84 Å². The second-order valence-electron chi connectivity index (χ2n) is 9.58. The molecular weight excluding hydrogens is 400 g/mol. The third-order valence-corrected chi connectivity index (χ3v) is 7.01. The zero-order chi connectivity index (χ0) is 22.5. The maximum absolute atomic E-state index is 9.41. The molecule has 1 aromatic carbocycles. The van der Waals surface area contributed by atoms with Crippen LogP contribution in [0.3, 0.4) is 0 Å². The van der Waals surface area contributed by atoms with E-state index in [9.17, 15) is 5.11 Å². The SMILES string of the molecule is CCNC(=NCC1(CCO)CCOC1)NCCCCN1CCC(Cc2ccccc2)CC1. The molecule has 0 radical (unpaired) electrons. The van der Waals surface area contributed by atoms with Gasteiger partial charge in [-0.15, -0.1) is 0 Å². The summed E-state index contributed by atoms with van der Waals surface area (Å²) in [5.74, 6) is 1.73. The number of unbranched alkanes of at least 4 members (excludes halogenated alkanes) is 1. The first kappa shape index (κ1) is 25.0. The standard InChI is InChI=1S/C26H44N4O2/c1-2-27-25(29-21-26(12-18-31)13-19-32-22-26)28-14-6-7-15-30-16-10-24(11-17-30)20-23-8-4-3-5-9-23/h3-5,8-9,24,31H,2,6-7,10-22H2,1H3,(H2,27,28,29). The molecule has 32 heavy (non-hydrogen) atoms. The lowest BCUT2D eigenvalue weighted by molar-refractivity contribution is 0.131. The fourth-order valence-electron chi connectivity index (χ4n) is 4.90. The number of likely N-dealkylation sites (tertiary alicyclic amines) is 1. The van der Waals surface area contributed by atoms with Gasteiger partial charge in [0.1, 0.15) is 0 Å². The predicted molar refractivity (Wildman–Crippen MR) is 132 cm³/mol. The molecule has 0 spiro atoms. The van der Waals surface area contributed by atoms with Gasteiger partial charge in [0, 0.05) is 31.7 Å². The van der Waals surface area contributed by atoms with Crippen LogP contribution in [0.15, 0.2) is 35.3 Å². The maximum Gasteiger partial charge on any atom is 0.191 e. The molecule has 2 fully saturated rings. The lowest BCUT2D eigenvalue weighted by Crippen LogP contribution is -2.39. The van der Waals surface area contributed by atoms with Crippen molar-refractivity contribution in [3.8, 4) is 0 Å². The van der Waals surface area contributed by atoms with Gasteiger partial charge in [-0.25, -0.2) is 0 Å². The Kier molecular flexibility index (Phi) is 10.8. The van der Waals surface area contributed by atoms with Crippen LogP contribution in [0.4, 0.5) is 0 Å². The first-order valence-electron chi connectivity index (χ1n) is 12.7. The lowest BCUT2D eigenvalue weighted by Gasteiger charge is -2.32. The molecule has 3 rings (SSSR count). The van der Waals surface area contributed by atoms with Gasteiger partial charge in [0.25, 0.3) is 0 Å². The molecule has 3 N–H and O–H groups in total. The first-order valence-corrected chi connectivity index (χ1v) is 12.7. The van der Waals surface area contributed by atoms with Crippen LogP contribution in [-0.4, -0.2) is 75.1 Å². The second-order valence-corrected chi connectivity index (χ2v) is 9.58. The van der Waals surface area contributed by atoms with Crippen LogP contribution in [0.25, 0.3) is 0 Å². The van der Waals surface area contributed by atoms with Gasteiger partial charge in [-0.2, -0.15) is 0 Å². The molecule has 6 heteroatoms. The highest BCUT2D eigenvalue weighted by atomic mass is 16.5. The fourth-order valence-corrected chi connectivity index (χ4v) is 4.90. The zero-order valence-corrected chi connectivity index (χ0v) is 20.0. The van der Waals surface area contributed by atoms with E-state index >= 15 is 0 Å². The summed E-state index contributed by atoms with van der Waals surface area (Å²) in [6.45, 7) is 9.97. The number of hydrogen-bond acceptors (Lipinski definition) is 4. The summed E-state index contributed by atoms with van der Waals surface area (Å²) in [5, 5.41) is 16.3. The number of aliphatic hydroxyl groups is 1. The monoisotopic (exact) mass is 444 g/mol. The van der Waals surface area contributed by atoms with Crippen molar-refractivity contribution in [2.45, 2.75) is 51.9 Å². The topological polar surface area (TPSA) is 69.1 Å². The molecule has 0 aliphatic carbocycles. The highest BCUT2D eigenvalue weighted by Gasteiger charge is 2.34. The number of nitrogens with zero attached hydrogens (tertiary/aromatic N) is 2. The summed E-state index contributed by atoms with van der Waals surface area (Å²) >= 11 is 0. The number of ether oxygens (including phenoxy) is 1. The van der Waals surface area contributed by atoms with Crippen molar-refractivity contribution in [2.75, 3.05) is 59.1 Å². The van der Waals surface area contributed by atoms with E-state index in [4.69, 9.17) is 9.73 Å². The van der Waals surface area contributed by atoms with Gasteiger partial charge < -0.3 is 25.4 Å². The molecule has 0 bridgehead atoms. The minimum absolute atomic E-state index is 0.00370. The molecule has 2 aliphatic rings. The van der Waals surface area contributed by atoms with E-state index < -0.39 is 0 Å². The van der Waals surface area contributed by atoms with Gasteiger partial charge in [-0.1, -0.05) is 30.3 Å². The average Bonchev–Trinajstić information content (AvgIpc) is 3.28. The number of piperidine rings is 1. The van der Waals surface area contributed by atoms with Crippen molar-refractivity contribution in [3.05, 3.63) is 35.9 Å². The Hall–Kier alpha value is -1.63. The Bertz CT molecular complexity index is 653. The van der Waals surface area contributed by atoms with Crippen LogP contribution < -0.4 is 10.6 Å². The van der Waals surface area contributed by atoms with Gasteiger partial charge in [-0.3, -0.25) is 4.99 Å². The molecule has 1 aromatic rings. The highest BCUT2D eigenvalue weighted by molar-refractivity contribution is 5.79. The summed E-state index contributed by atoms with van der Waals surface area (Å²) in [6, 6.07) is 10.9. The number of hydrogen-bond donors (Lipinski definition) is 3. The number of guanidine groups is 1. The minimum Gasteiger partial charge on any atom is -0.396 e. The second kappa shape index (κ2) is 13.8. The van der Waals surface area contributed by atoms with Crippen molar-refractivity contribution in [1.82, 2.24) is 15.5 Å². The zero-order valence-electron chi connectivity index (χ0n) is 20.0. The molecule has 2 saturated heterocycles. The smallest absolute Gasteiger partial charge is 0.191 e. The Balaban J connectivity index is 1.30. The molecule has 1 unspecified atom stereocenters. The quantitative estimate of drug-likeness (QED) is 0.263. The number of benzene rings is 1. The van der Waals surface area contributed by atoms with Crippen LogP contribution in [0, 0.1) is 11.3 Å². The first-order chi connectivity index (χ1) is 15.7.